The Balaban J connectivity index is 2.49. The van der Waals surface area contributed by atoms with Crippen LogP contribution in [0.15, 0.2) is 30.6 Å². The van der Waals surface area contributed by atoms with Crippen molar-refractivity contribution in [2.24, 2.45) is 0 Å². The number of aryl methyl sites for hydroxylation is 1. The molecule has 2 aromatic rings. The molecule has 0 radical (unpaired) electrons. The number of hydrogen-bond acceptors (Lipinski definition) is 3. The van der Waals surface area contributed by atoms with E-state index in [1.165, 1.54) is 0 Å². The fourth-order valence-corrected chi connectivity index (χ4v) is 1.49. The molecule has 0 aliphatic rings. The molecular formula is C11H10ClN3. The van der Waals surface area contributed by atoms with Gasteiger partial charge in [-0.2, -0.15) is 0 Å². The normalized spacial score (nSPS) is 10.3. The Morgan fingerprint density at radius 3 is 2.87 bits per heavy atom. The van der Waals surface area contributed by atoms with E-state index in [9.17, 15) is 0 Å². The van der Waals surface area contributed by atoms with E-state index >= 15 is 0 Å². The molecule has 0 aromatic carbocycles. The van der Waals surface area contributed by atoms with Gasteiger partial charge in [-0.1, -0.05) is 18.5 Å². The summed E-state index contributed by atoms with van der Waals surface area (Å²) in [6, 6.07) is 5.57. The second-order valence-corrected chi connectivity index (χ2v) is 3.47. The fraction of sp³-hybridized carbons (Fsp3) is 0.182. The van der Waals surface area contributed by atoms with E-state index in [1.54, 1.807) is 18.5 Å². The standard InChI is InChI=1S/C11H10ClN3/c1-2-11-14-9(6-10(12)15-11)8-4-3-5-13-7-8/h3-7H,2H2,1H3. The number of aromatic nitrogens is 3. The molecule has 0 atom stereocenters. The molecule has 0 N–H and O–H groups in total. The molecule has 0 unspecified atom stereocenters. The second kappa shape index (κ2) is 4.36. The Hall–Kier alpha value is -1.48. The molecule has 0 saturated heterocycles. The van der Waals surface area contributed by atoms with Gasteiger partial charge in [-0.05, 0) is 12.1 Å². The molecule has 0 amide bonds. The average molecular weight is 220 g/mol. The summed E-state index contributed by atoms with van der Waals surface area (Å²) in [6.45, 7) is 2.00. The highest BCUT2D eigenvalue weighted by Gasteiger charge is 2.03. The van der Waals surface area contributed by atoms with Gasteiger partial charge in [-0.15, -0.1) is 0 Å². The Morgan fingerprint density at radius 1 is 1.33 bits per heavy atom. The van der Waals surface area contributed by atoms with Gasteiger partial charge in [0, 0.05) is 30.4 Å². The minimum Gasteiger partial charge on any atom is -0.264 e. The smallest absolute Gasteiger partial charge is 0.133 e. The van der Waals surface area contributed by atoms with Gasteiger partial charge < -0.3 is 0 Å². The van der Waals surface area contributed by atoms with E-state index in [2.05, 4.69) is 15.0 Å². The van der Waals surface area contributed by atoms with Crippen LogP contribution in [0.25, 0.3) is 11.3 Å². The highest BCUT2D eigenvalue weighted by molar-refractivity contribution is 6.29. The van der Waals surface area contributed by atoms with Crippen LogP contribution in [-0.4, -0.2) is 15.0 Å². The lowest BCUT2D eigenvalue weighted by Gasteiger charge is -2.02. The summed E-state index contributed by atoms with van der Waals surface area (Å²) in [7, 11) is 0. The van der Waals surface area contributed by atoms with E-state index in [1.807, 2.05) is 19.1 Å². The minimum absolute atomic E-state index is 0.473. The first kappa shape index (κ1) is 10.1. The molecule has 0 fully saturated rings. The number of halogens is 1. The molecule has 3 nitrogen and oxygen atoms in total. The second-order valence-electron chi connectivity index (χ2n) is 3.09. The molecule has 2 rings (SSSR count). The maximum absolute atomic E-state index is 5.91. The third kappa shape index (κ3) is 2.30. The molecule has 2 aromatic heterocycles. The number of rotatable bonds is 2. The van der Waals surface area contributed by atoms with Crippen LogP contribution in [0.4, 0.5) is 0 Å². The molecule has 76 valence electrons. The fourth-order valence-electron chi connectivity index (χ4n) is 1.28. The van der Waals surface area contributed by atoms with Crippen LogP contribution >= 0.6 is 11.6 Å². The van der Waals surface area contributed by atoms with Crippen LogP contribution in [0.5, 0.6) is 0 Å². The first-order chi connectivity index (χ1) is 7.29. The highest BCUT2D eigenvalue weighted by atomic mass is 35.5. The lowest BCUT2D eigenvalue weighted by atomic mass is 10.2. The van der Waals surface area contributed by atoms with Gasteiger partial charge in [0.15, 0.2) is 0 Å². The van der Waals surface area contributed by atoms with Crippen molar-refractivity contribution in [3.05, 3.63) is 41.6 Å². The highest BCUT2D eigenvalue weighted by Crippen LogP contribution is 2.18. The van der Waals surface area contributed by atoms with Gasteiger partial charge >= 0.3 is 0 Å². The van der Waals surface area contributed by atoms with Gasteiger partial charge in [-0.25, -0.2) is 9.97 Å². The van der Waals surface area contributed by atoms with E-state index in [0.29, 0.717) is 5.15 Å². The van der Waals surface area contributed by atoms with Crippen LogP contribution in [0.3, 0.4) is 0 Å². The molecule has 0 bridgehead atoms. The van der Waals surface area contributed by atoms with Crippen molar-refractivity contribution in [1.82, 2.24) is 15.0 Å². The molecular weight excluding hydrogens is 210 g/mol. The Kier molecular flexibility index (Phi) is 2.92. The SMILES string of the molecule is CCc1nc(Cl)cc(-c2cccnc2)n1. The first-order valence-electron chi connectivity index (χ1n) is 4.73. The molecule has 2 heterocycles. The predicted octanol–water partition coefficient (Wildman–Crippen LogP) is 2.75. The zero-order valence-electron chi connectivity index (χ0n) is 8.31. The molecule has 0 aliphatic carbocycles. The van der Waals surface area contributed by atoms with E-state index < -0.39 is 0 Å². The van der Waals surface area contributed by atoms with Gasteiger partial charge in [0.1, 0.15) is 11.0 Å². The topological polar surface area (TPSA) is 38.7 Å². The lowest BCUT2D eigenvalue weighted by Crippen LogP contribution is -1.95. The summed E-state index contributed by atoms with van der Waals surface area (Å²) in [4.78, 5) is 12.5. The summed E-state index contributed by atoms with van der Waals surface area (Å²) in [5.41, 5.74) is 1.77. The van der Waals surface area contributed by atoms with Crippen molar-refractivity contribution >= 4 is 11.6 Å². The van der Waals surface area contributed by atoms with E-state index in [-0.39, 0.29) is 0 Å². The van der Waals surface area contributed by atoms with Crippen LogP contribution in [0.1, 0.15) is 12.7 Å². The monoisotopic (exact) mass is 219 g/mol. The van der Waals surface area contributed by atoms with Gasteiger partial charge in [0.05, 0.1) is 5.69 Å². The Bertz CT molecular complexity index is 457. The van der Waals surface area contributed by atoms with Gasteiger partial charge in [0.2, 0.25) is 0 Å². The largest absolute Gasteiger partial charge is 0.264 e. The maximum atomic E-state index is 5.91. The molecule has 4 heteroatoms. The Labute approximate surface area is 93.2 Å². The van der Waals surface area contributed by atoms with Gasteiger partial charge in [-0.3, -0.25) is 4.98 Å². The van der Waals surface area contributed by atoms with Crippen molar-refractivity contribution in [1.29, 1.82) is 0 Å². The van der Waals surface area contributed by atoms with Crippen molar-refractivity contribution in [3.63, 3.8) is 0 Å². The Morgan fingerprint density at radius 2 is 2.20 bits per heavy atom. The lowest BCUT2D eigenvalue weighted by molar-refractivity contribution is 0.943. The van der Waals surface area contributed by atoms with Crippen LogP contribution in [0.2, 0.25) is 5.15 Å². The van der Waals surface area contributed by atoms with Crippen molar-refractivity contribution in [3.8, 4) is 11.3 Å². The first-order valence-corrected chi connectivity index (χ1v) is 5.11. The third-order valence-electron chi connectivity index (χ3n) is 2.01. The average Bonchev–Trinajstić information content (AvgIpc) is 2.29. The third-order valence-corrected chi connectivity index (χ3v) is 2.21. The van der Waals surface area contributed by atoms with Crippen LogP contribution in [-0.2, 0) is 6.42 Å². The number of hydrogen-bond donors (Lipinski definition) is 0. The number of pyridine rings is 1. The van der Waals surface area contributed by atoms with Crippen molar-refractivity contribution in [2.45, 2.75) is 13.3 Å². The maximum Gasteiger partial charge on any atom is 0.133 e. The molecule has 15 heavy (non-hydrogen) atoms. The number of nitrogens with zero attached hydrogens (tertiary/aromatic N) is 3. The summed E-state index contributed by atoms with van der Waals surface area (Å²) in [5, 5.41) is 0.473. The van der Waals surface area contributed by atoms with Crippen molar-refractivity contribution < 1.29 is 0 Å². The zero-order valence-corrected chi connectivity index (χ0v) is 9.07. The summed E-state index contributed by atoms with van der Waals surface area (Å²) < 4.78 is 0. The molecule has 0 aliphatic heterocycles. The summed E-state index contributed by atoms with van der Waals surface area (Å²) in [6.07, 6.45) is 4.26. The van der Waals surface area contributed by atoms with E-state index in [4.69, 9.17) is 11.6 Å². The minimum atomic E-state index is 0.473. The van der Waals surface area contributed by atoms with Crippen molar-refractivity contribution in [2.75, 3.05) is 0 Å². The predicted molar refractivity (Wildman–Crippen MR) is 59.7 cm³/mol. The molecule has 0 spiro atoms. The molecule has 0 saturated carbocycles. The quantitative estimate of drug-likeness (QED) is 0.729. The van der Waals surface area contributed by atoms with Crippen LogP contribution in [0, 0.1) is 0 Å². The summed E-state index contributed by atoms with van der Waals surface area (Å²) >= 11 is 5.91. The van der Waals surface area contributed by atoms with E-state index in [0.717, 1.165) is 23.5 Å². The van der Waals surface area contributed by atoms with Gasteiger partial charge in [0.25, 0.3) is 0 Å². The zero-order chi connectivity index (χ0) is 10.7. The van der Waals surface area contributed by atoms with Crippen LogP contribution < -0.4 is 0 Å². The summed E-state index contributed by atoms with van der Waals surface area (Å²) in [5.74, 6) is 0.751.